The van der Waals surface area contributed by atoms with Gasteiger partial charge in [0.15, 0.2) is 0 Å². The van der Waals surface area contributed by atoms with Gasteiger partial charge in [-0.2, -0.15) is 0 Å². The lowest BCUT2D eigenvalue weighted by atomic mass is 9.88. The van der Waals surface area contributed by atoms with E-state index in [1.807, 2.05) is 24.3 Å². The van der Waals surface area contributed by atoms with E-state index >= 15 is 0 Å². The number of amides is 1. The van der Waals surface area contributed by atoms with Gasteiger partial charge in [0.1, 0.15) is 11.7 Å². The predicted molar refractivity (Wildman–Crippen MR) is 191 cm³/mol. The van der Waals surface area contributed by atoms with Gasteiger partial charge in [0.05, 0.1) is 11.0 Å². The third-order valence-electron chi connectivity index (χ3n) is 10.5. The van der Waals surface area contributed by atoms with Gasteiger partial charge < -0.3 is 25.8 Å². The van der Waals surface area contributed by atoms with Crippen LogP contribution >= 0.6 is 0 Å². The first-order valence-electron chi connectivity index (χ1n) is 17.6. The lowest BCUT2D eigenvalue weighted by Gasteiger charge is -2.30. The van der Waals surface area contributed by atoms with E-state index in [1.165, 1.54) is 57.1 Å². The monoisotopic (exact) mass is 633 g/mol. The molecule has 8 nitrogen and oxygen atoms in total. The van der Waals surface area contributed by atoms with Crippen molar-refractivity contribution >= 4 is 22.8 Å². The van der Waals surface area contributed by atoms with Gasteiger partial charge in [0.25, 0.3) is 5.91 Å². The number of rotatable bonds is 13. The smallest absolute Gasteiger partial charge is 0.254 e. The van der Waals surface area contributed by atoms with Crippen molar-refractivity contribution in [3.63, 3.8) is 0 Å². The molecule has 1 aliphatic heterocycles. The Morgan fingerprint density at radius 1 is 0.894 bits per heavy atom. The van der Waals surface area contributed by atoms with Crippen molar-refractivity contribution in [2.24, 2.45) is 17.4 Å². The highest BCUT2D eigenvalue weighted by Gasteiger charge is 2.25. The Balaban J connectivity index is 1.26. The summed E-state index contributed by atoms with van der Waals surface area (Å²) in [5, 5.41) is 7.70. The van der Waals surface area contributed by atoms with Crippen molar-refractivity contribution in [3.05, 3.63) is 100 Å². The lowest BCUT2D eigenvalue weighted by Crippen LogP contribution is -2.35. The van der Waals surface area contributed by atoms with Crippen LogP contribution in [0.15, 0.2) is 66.7 Å². The van der Waals surface area contributed by atoms with Gasteiger partial charge in [-0.05, 0) is 92.9 Å². The molecule has 0 spiro atoms. The third-order valence-corrected chi connectivity index (χ3v) is 10.5. The Labute approximate surface area is 279 Å². The maximum absolute atomic E-state index is 14.2. The van der Waals surface area contributed by atoms with E-state index in [2.05, 4.69) is 63.9 Å². The first kappa shape index (κ1) is 32.9. The molecule has 1 aromatic heterocycles. The fraction of sp³-hybridized carbons (Fsp3) is 0.462. The largest absolute Gasteiger partial charge is 0.384 e. The number of imidazole rings is 1. The zero-order chi connectivity index (χ0) is 32.8. The van der Waals surface area contributed by atoms with E-state index in [1.54, 1.807) is 0 Å². The molecular weight excluding hydrogens is 582 g/mol. The van der Waals surface area contributed by atoms with Gasteiger partial charge in [-0.3, -0.25) is 10.2 Å². The molecule has 1 saturated carbocycles. The number of benzene rings is 3. The molecule has 1 atom stereocenters. The van der Waals surface area contributed by atoms with E-state index in [0.717, 1.165) is 65.9 Å². The van der Waals surface area contributed by atoms with E-state index in [4.69, 9.17) is 21.9 Å². The summed E-state index contributed by atoms with van der Waals surface area (Å²) >= 11 is 0. The maximum atomic E-state index is 14.2. The number of nitrogen functional groups attached to an aromatic ring is 1. The number of hydrogen-bond donors (Lipinski definition) is 3. The number of amidine groups is 1. The zero-order valence-electron chi connectivity index (χ0n) is 28.0. The fourth-order valence-electron chi connectivity index (χ4n) is 7.57. The van der Waals surface area contributed by atoms with Crippen molar-refractivity contribution in [3.8, 4) is 0 Å². The Bertz CT molecular complexity index is 1650. The number of nitrogens with zero attached hydrogens (tertiary/aromatic N) is 4. The summed E-state index contributed by atoms with van der Waals surface area (Å²) in [6.07, 6.45) is 11.4. The average Bonchev–Trinajstić information content (AvgIpc) is 3.68. The van der Waals surface area contributed by atoms with Crippen LogP contribution < -0.4 is 11.5 Å². The molecule has 1 aliphatic carbocycles. The number of nitrogens with two attached hydrogens (primary N) is 2. The van der Waals surface area contributed by atoms with Gasteiger partial charge in [-0.25, -0.2) is 4.98 Å². The molecule has 1 unspecified atom stereocenters. The van der Waals surface area contributed by atoms with Crippen LogP contribution in [-0.2, 0) is 32.5 Å². The van der Waals surface area contributed by atoms with E-state index in [9.17, 15) is 4.79 Å². The standard InChI is InChI=1S/C39H51N7O/c1-44-22-5-8-34(44)21-23-46-36-19-18-33(24-35(36)43-37(46)20-15-28-13-16-32(17-14-28)38(41)42)39(47)45(26-30-6-3-2-4-7-30)27-31-11-9-29(25-40)10-12-31/h9-14,16-19,24,30,34H,2-8,15,20-23,25-27,40H2,1H3,(H3,41,42). The van der Waals surface area contributed by atoms with E-state index < -0.39 is 0 Å². The van der Waals surface area contributed by atoms with Gasteiger partial charge in [-0.15, -0.1) is 0 Å². The molecule has 2 aliphatic rings. The quantitative estimate of drug-likeness (QED) is 0.119. The number of hydrogen-bond acceptors (Lipinski definition) is 5. The summed E-state index contributed by atoms with van der Waals surface area (Å²) in [5.74, 6) is 1.76. The molecule has 248 valence electrons. The van der Waals surface area contributed by atoms with Crippen LogP contribution in [-0.4, -0.2) is 57.3 Å². The minimum Gasteiger partial charge on any atom is -0.384 e. The highest BCUT2D eigenvalue weighted by Crippen LogP contribution is 2.28. The molecule has 0 radical (unpaired) electrons. The van der Waals surface area contributed by atoms with Gasteiger partial charge in [-0.1, -0.05) is 67.8 Å². The molecule has 8 heteroatoms. The molecule has 2 heterocycles. The van der Waals surface area contributed by atoms with E-state index in [0.29, 0.717) is 30.6 Å². The first-order valence-corrected chi connectivity index (χ1v) is 17.6. The first-order chi connectivity index (χ1) is 22.9. The SMILES string of the molecule is CN1CCCC1CCn1c(CCc2ccc(C(=N)N)cc2)nc2cc(C(=O)N(Cc3ccc(CN)cc3)CC3CCCCC3)ccc21. The normalized spacial score (nSPS) is 17.4. The Hall–Kier alpha value is -4.01. The minimum atomic E-state index is 0.0783. The summed E-state index contributed by atoms with van der Waals surface area (Å²) in [6, 6.07) is 23.0. The van der Waals surface area contributed by atoms with Crippen LogP contribution in [0.2, 0.25) is 0 Å². The molecule has 1 saturated heterocycles. The highest BCUT2D eigenvalue weighted by molar-refractivity contribution is 5.97. The summed E-state index contributed by atoms with van der Waals surface area (Å²) in [7, 11) is 2.23. The molecule has 3 aromatic carbocycles. The average molecular weight is 634 g/mol. The summed E-state index contributed by atoms with van der Waals surface area (Å²) in [4.78, 5) is 24.0. The summed E-state index contributed by atoms with van der Waals surface area (Å²) in [6.45, 7) is 3.97. The number of likely N-dealkylation sites (tertiary alicyclic amines) is 1. The Kier molecular flexibility index (Phi) is 10.7. The van der Waals surface area contributed by atoms with Gasteiger partial charge in [0, 0.05) is 49.8 Å². The number of fused-ring (bicyclic) bond motifs is 1. The lowest BCUT2D eigenvalue weighted by molar-refractivity contribution is 0.0699. The van der Waals surface area contributed by atoms with Crippen LogP contribution in [0.3, 0.4) is 0 Å². The summed E-state index contributed by atoms with van der Waals surface area (Å²) < 4.78 is 2.39. The number of carbonyl (C=O) groups is 1. The molecule has 47 heavy (non-hydrogen) atoms. The predicted octanol–water partition coefficient (Wildman–Crippen LogP) is 6.27. The second-order valence-corrected chi connectivity index (χ2v) is 13.8. The molecule has 5 N–H and O–H groups in total. The highest BCUT2D eigenvalue weighted by atomic mass is 16.2. The molecule has 2 fully saturated rings. The molecule has 6 rings (SSSR count). The number of nitrogens with one attached hydrogen (secondary N) is 1. The number of aryl methyl sites for hydroxylation is 3. The number of carbonyl (C=O) groups excluding carboxylic acids is 1. The zero-order valence-corrected chi connectivity index (χ0v) is 28.0. The van der Waals surface area contributed by atoms with Crippen molar-refractivity contribution < 1.29 is 4.79 Å². The van der Waals surface area contributed by atoms with Crippen molar-refractivity contribution in [1.29, 1.82) is 5.41 Å². The van der Waals surface area contributed by atoms with Crippen molar-refractivity contribution in [1.82, 2.24) is 19.4 Å². The Morgan fingerprint density at radius 2 is 1.60 bits per heavy atom. The molecule has 1 amide bonds. The van der Waals surface area contributed by atoms with Crippen LogP contribution in [0.4, 0.5) is 0 Å². The van der Waals surface area contributed by atoms with Crippen LogP contribution in [0.25, 0.3) is 11.0 Å². The molecule has 0 bridgehead atoms. The minimum absolute atomic E-state index is 0.0783. The van der Waals surface area contributed by atoms with Crippen molar-refractivity contribution in [2.45, 2.75) is 89.9 Å². The fourth-order valence-corrected chi connectivity index (χ4v) is 7.57. The second-order valence-electron chi connectivity index (χ2n) is 13.8. The third kappa shape index (κ3) is 8.11. The van der Waals surface area contributed by atoms with Crippen LogP contribution in [0.1, 0.15) is 89.8 Å². The molecular formula is C39H51N7O. The Morgan fingerprint density at radius 3 is 2.28 bits per heavy atom. The molecule has 4 aromatic rings. The van der Waals surface area contributed by atoms with Gasteiger partial charge in [0.2, 0.25) is 0 Å². The second kappa shape index (κ2) is 15.3. The van der Waals surface area contributed by atoms with Crippen LogP contribution in [0, 0.1) is 11.3 Å². The topological polar surface area (TPSA) is 117 Å². The maximum Gasteiger partial charge on any atom is 0.254 e. The number of aromatic nitrogens is 2. The van der Waals surface area contributed by atoms with Gasteiger partial charge >= 0.3 is 0 Å². The summed E-state index contributed by atoms with van der Waals surface area (Å²) in [5.41, 5.74) is 18.4. The van der Waals surface area contributed by atoms with Crippen molar-refractivity contribution in [2.75, 3.05) is 20.1 Å². The van der Waals surface area contributed by atoms with E-state index in [-0.39, 0.29) is 11.7 Å². The van der Waals surface area contributed by atoms with Crippen LogP contribution in [0.5, 0.6) is 0 Å².